The van der Waals surface area contributed by atoms with E-state index in [1.54, 1.807) is 0 Å². The summed E-state index contributed by atoms with van der Waals surface area (Å²) in [5.74, 6) is 3.67. The lowest BCUT2D eigenvalue weighted by molar-refractivity contribution is -0.703. The van der Waals surface area contributed by atoms with Crippen LogP contribution >= 0.6 is 11.8 Å². The Bertz CT molecular complexity index is 352. The smallest absolute Gasteiger partial charge is 0.234 e. The zero-order valence-corrected chi connectivity index (χ0v) is 11.0. The van der Waals surface area contributed by atoms with E-state index in [1.165, 1.54) is 23.8 Å². The summed E-state index contributed by atoms with van der Waals surface area (Å²) < 4.78 is 4.31. The van der Waals surface area contributed by atoms with Gasteiger partial charge < -0.3 is 0 Å². The van der Waals surface area contributed by atoms with Crippen molar-refractivity contribution in [2.45, 2.75) is 39.8 Å². The molecule has 0 unspecified atom stereocenters. The van der Waals surface area contributed by atoms with Gasteiger partial charge in [0, 0.05) is 6.42 Å². The molecule has 0 amide bonds. The van der Waals surface area contributed by atoms with Crippen LogP contribution in [0.1, 0.15) is 26.1 Å². The first-order valence-electron chi connectivity index (χ1n) is 5.85. The third-order valence-electron chi connectivity index (χ3n) is 2.54. The highest BCUT2D eigenvalue weighted by molar-refractivity contribution is 7.99. The molecule has 0 aromatic carbocycles. The van der Waals surface area contributed by atoms with E-state index in [-0.39, 0.29) is 0 Å². The van der Waals surface area contributed by atoms with E-state index in [1.807, 2.05) is 22.5 Å². The molecule has 0 atom stereocenters. The van der Waals surface area contributed by atoms with Crippen molar-refractivity contribution < 1.29 is 4.57 Å². The second-order valence-corrected chi connectivity index (χ2v) is 4.99. The summed E-state index contributed by atoms with van der Waals surface area (Å²) in [5, 5.41) is 8.71. The number of hydrogen-bond donors (Lipinski definition) is 0. The summed E-state index contributed by atoms with van der Waals surface area (Å²) in [5.41, 5.74) is 0. The summed E-state index contributed by atoms with van der Waals surface area (Å²) >= 11 is 1.99. The number of thioether (sulfide) groups is 1. The van der Waals surface area contributed by atoms with Gasteiger partial charge >= 0.3 is 0 Å². The Kier molecular flexibility index (Phi) is 6.02. The first-order valence-corrected chi connectivity index (χ1v) is 7.01. The fraction of sp³-hybridized carbons (Fsp3) is 0.667. The van der Waals surface area contributed by atoms with Crippen LogP contribution in [0.5, 0.6) is 0 Å². The van der Waals surface area contributed by atoms with Crippen molar-refractivity contribution >= 4 is 11.8 Å². The molecule has 0 aliphatic rings. The van der Waals surface area contributed by atoms with E-state index in [0.29, 0.717) is 6.54 Å². The van der Waals surface area contributed by atoms with E-state index in [4.69, 9.17) is 5.26 Å². The molecule has 4 heteroatoms. The molecule has 16 heavy (non-hydrogen) atoms. The molecule has 0 fully saturated rings. The van der Waals surface area contributed by atoms with Gasteiger partial charge in [-0.2, -0.15) is 17.0 Å². The Hall–Kier alpha value is -0.950. The minimum absolute atomic E-state index is 0.458. The molecular formula is C12H20N3S+. The topological polar surface area (TPSA) is 32.6 Å². The molecule has 0 saturated heterocycles. The number of nitrogens with zero attached hydrogens (tertiary/aromatic N) is 3. The van der Waals surface area contributed by atoms with Gasteiger partial charge in [0.25, 0.3) is 5.82 Å². The van der Waals surface area contributed by atoms with Crippen molar-refractivity contribution in [3.05, 3.63) is 18.2 Å². The van der Waals surface area contributed by atoms with Gasteiger partial charge in [0.2, 0.25) is 0 Å². The van der Waals surface area contributed by atoms with Gasteiger partial charge in [-0.25, -0.2) is 9.13 Å². The molecule has 0 bridgehead atoms. The van der Waals surface area contributed by atoms with Gasteiger partial charge in [0.15, 0.2) is 6.54 Å². The van der Waals surface area contributed by atoms with Gasteiger partial charge in [0.05, 0.1) is 6.54 Å². The lowest BCUT2D eigenvalue weighted by Gasteiger charge is -2.01. The fourth-order valence-corrected chi connectivity index (χ4v) is 2.43. The zero-order chi connectivity index (χ0) is 11.8. The third kappa shape index (κ3) is 3.57. The van der Waals surface area contributed by atoms with E-state index >= 15 is 0 Å². The predicted molar refractivity (Wildman–Crippen MR) is 67.2 cm³/mol. The lowest BCUT2D eigenvalue weighted by Crippen LogP contribution is -2.37. The average Bonchev–Trinajstić information content (AvgIpc) is 2.67. The molecular weight excluding hydrogens is 218 g/mol. The Morgan fingerprint density at radius 1 is 1.50 bits per heavy atom. The predicted octanol–water partition coefficient (Wildman–Crippen LogP) is 2.00. The highest BCUT2D eigenvalue weighted by Crippen LogP contribution is 2.02. The van der Waals surface area contributed by atoms with E-state index in [9.17, 15) is 0 Å². The molecule has 0 spiro atoms. The van der Waals surface area contributed by atoms with Crippen LogP contribution in [0.2, 0.25) is 0 Å². The van der Waals surface area contributed by atoms with Crippen molar-refractivity contribution in [1.29, 1.82) is 5.26 Å². The highest BCUT2D eigenvalue weighted by atomic mass is 32.2. The van der Waals surface area contributed by atoms with Gasteiger partial charge in [-0.15, -0.1) is 0 Å². The van der Waals surface area contributed by atoms with Crippen molar-refractivity contribution in [2.75, 3.05) is 11.5 Å². The van der Waals surface area contributed by atoms with Crippen LogP contribution < -0.4 is 4.57 Å². The van der Waals surface area contributed by atoms with Crippen LogP contribution in [0.15, 0.2) is 12.4 Å². The summed E-state index contributed by atoms with van der Waals surface area (Å²) in [6, 6.07) is 2.19. The second-order valence-electron chi connectivity index (χ2n) is 3.60. The summed E-state index contributed by atoms with van der Waals surface area (Å²) in [4.78, 5) is 0. The highest BCUT2D eigenvalue weighted by Gasteiger charge is 2.13. The maximum Gasteiger partial charge on any atom is 0.256 e. The van der Waals surface area contributed by atoms with E-state index < -0.39 is 0 Å². The zero-order valence-electron chi connectivity index (χ0n) is 10.1. The van der Waals surface area contributed by atoms with Gasteiger partial charge in [0.1, 0.15) is 18.5 Å². The SMILES string of the molecule is CCSCCC[n+]1ccn(CC#N)c1CC. The minimum atomic E-state index is 0.458. The quantitative estimate of drug-likeness (QED) is 0.537. The molecule has 1 rings (SSSR count). The second kappa shape index (κ2) is 7.34. The monoisotopic (exact) mass is 238 g/mol. The van der Waals surface area contributed by atoms with Gasteiger partial charge in [-0.05, 0) is 17.9 Å². The summed E-state index contributed by atoms with van der Waals surface area (Å²) in [6.45, 7) is 5.85. The normalized spacial score (nSPS) is 10.3. The van der Waals surface area contributed by atoms with Crippen molar-refractivity contribution in [1.82, 2.24) is 4.57 Å². The standard InChI is InChI=1S/C12H20N3S/c1-3-12-14(7-5-11-16-4-2)9-10-15(12)8-6-13/h9-10H,3-5,7-8,11H2,1-2H3/q+1. The molecule has 0 radical (unpaired) electrons. The van der Waals surface area contributed by atoms with Crippen LogP contribution in [-0.4, -0.2) is 16.1 Å². The van der Waals surface area contributed by atoms with Crippen molar-refractivity contribution in [2.24, 2.45) is 0 Å². The maximum absolute atomic E-state index is 8.71. The minimum Gasteiger partial charge on any atom is -0.234 e. The van der Waals surface area contributed by atoms with E-state index in [2.05, 4.69) is 30.7 Å². The average molecular weight is 238 g/mol. The number of imidazole rings is 1. The number of nitriles is 1. The molecule has 3 nitrogen and oxygen atoms in total. The first kappa shape index (κ1) is 13.1. The van der Waals surface area contributed by atoms with Crippen molar-refractivity contribution in [3.63, 3.8) is 0 Å². The molecule has 1 heterocycles. The molecule has 1 aromatic heterocycles. The molecule has 0 aliphatic carbocycles. The van der Waals surface area contributed by atoms with Crippen LogP contribution in [0.25, 0.3) is 0 Å². The molecule has 88 valence electrons. The lowest BCUT2D eigenvalue weighted by atomic mass is 10.4. The molecule has 0 saturated carbocycles. The van der Waals surface area contributed by atoms with Crippen LogP contribution in [0, 0.1) is 11.3 Å². The van der Waals surface area contributed by atoms with Gasteiger partial charge in [-0.1, -0.05) is 13.8 Å². The Balaban J connectivity index is 2.55. The van der Waals surface area contributed by atoms with Crippen molar-refractivity contribution in [3.8, 4) is 6.07 Å². The van der Waals surface area contributed by atoms with Crippen LogP contribution in [0.4, 0.5) is 0 Å². The van der Waals surface area contributed by atoms with E-state index in [0.717, 1.165) is 13.0 Å². The number of aromatic nitrogens is 2. The summed E-state index contributed by atoms with van der Waals surface area (Å²) in [7, 11) is 0. The number of hydrogen-bond acceptors (Lipinski definition) is 2. The first-order chi connectivity index (χ1) is 7.83. The molecule has 0 N–H and O–H groups in total. The molecule has 0 aliphatic heterocycles. The van der Waals surface area contributed by atoms with Gasteiger partial charge in [-0.3, -0.25) is 0 Å². The Morgan fingerprint density at radius 3 is 2.94 bits per heavy atom. The Labute approximate surface area is 102 Å². The maximum atomic E-state index is 8.71. The number of aryl methyl sites for hydroxylation is 1. The largest absolute Gasteiger partial charge is 0.256 e. The Morgan fingerprint density at radius 2 is 2.31 bits per heavy atom. The fourth-order valence-electron chi connectivity index (χ4n) is 1.81. The number of rotatable bonds is 7. The third-order valence-corrected chi connectivity index (χ3v) is 3.52. The van der Waals surface area contributed by atoms with Crippen LogP contribution in [-0.2, 0) is 19.5 Å². The molecule has 1 aromatic rings. The van der Waals surface area contributed by atoms with Crippen LogP contribution in [0.3, 0.4) is 0 Å². The summed E-state index contributed by atoms with van der Waals surface area (Å²) in [6.07, 6.45) is 6.28.